The lowest BCUT2D eigenvalue weighted by Crippen LogP contribution is -2.47. The summed E-state index contributed by atoms with van der Waals surface area (Å²) >= 11 is 1.43. The van der Waals surface area contributed by atoms with Crippen LogP contribution in [0.1, 0.15) is 44.3 Å². The molecule has 3 heterocycles. The fraction of sp³-hybridized carbons (Fsp3) is 0.857. The maximum atomic E-state index is 6.14. The monoisotopic (exact) mass is 297 g/mol. The van der Waals surface area contributed by atoms with Gasteiger partial charge in [-0.05, 0) is 49.7 Å². The van der Waals surface area contributed by atoms with Gasteiger partial charge >= 0.3 is 0 Å². The summed E-state index contributed by atoms with van der Waals surface area (Å²) in [5.41, 5.74) is 1.13. The van der Waals surface area contributed by atoms with Crippen molar-refractivity contribution in [2.75, 3.05) is 26.4 Å². The number of hydrogen-bond acceptors (Lipinski definition) is 6. The van der Waals surface area contributed by atoms with E-state index in [1.54, 1.807) is 0 Å². The largest absolute Gasteiger partial charge is 0.381 e. The molecule has 1 aromatic rings. The van der Waals surface area contributed by atoms with Crippen LogP contribution < -0.4 is 5.32 Å². The molecule has 20 heavy (non-hydrogen) atoms. The van der Waals surface area contributed by atoms with Gasteiger partial charge in [0.1, 0.15) is 0 Å². The summed E-state index contributed by atoms with van der Waals surface area (Å²) in [7, 11) is 0. The third-order valence-electron chi connectivity index (χ3n) is 4.53. The first-order valence-electron chi connectivity index (χ1n) is 7.55. The van der Waals surface area contributed by atoms with Gasteiger partial charge in [0.05, 0.1) is 17.3 Å². The van der Waals surface area contributed by atoms with Gasteiger partial charge in [-0.15, -0.1) is 5.10 Å². The van der Waals surface area contributed by atoms with Crippen LogP contribution in [0.15, 0.2) is 5.38 Å². The average Bonchev–Trinajstić information content (AvgIpc) is 2.99. The molecule has 0 saturated carbocycles. The van der Waals surface area contributed by atoms with Crippen LogP contribution in [-0.4, -0.2) is 41.6 Å². The Balaban J connectivity index is 1.73. The minimum atomic E-state index is 0.0400. The van der Waals surface area contributed by atoms with Gasteiger partial charge in [-0.2, -0.15) is 0 Å². The average molecular weight is 297 g/mol. The molecule has 2 unspecified atom stereocenters. The van der Waals surface area contributed by atoms with Crippen molar-refractivity contribution in [3.63, 3.8) is 0 Å². The summed E-state index contributed by atoms with van der Waals surface area (Å²) in [6.45, 7) is 5.61. The maximum absolute atomic E-state index is 6.14. The molecule has 0 bridgehead atoms. The first kappa shape index (κ1) is 14.4. The Bertz CT molecular complexity index is 401. The zero-order chi connectivity index (χ0) is 13.8. The Morgan fingerprint density at radius 2 is 2.30 bits per heavy atom. The van der Waals surface area contributed by atoms with Gasteiger partial charge in [0.25, 0.3) is 0 Å². The van der Waals surface area contributed by atoms with E-state index in [-0.39, 0.29) is 5.60 Å². The molecule has 0 amide bonds. The third kappa shape index (κ3) is 3.03. The lowest BCUT2D eigenvalue weighted by atomic mass is 9.77. The van der Waals surface area contributed by atoms with Gasteiger partial charge < -0.3 is 14.8 Å². The molecule has 0 radical (unpaired) electrons. The van der Waals surface area contributed by atoms with Crippen LogP contribution in [0.5, 0.6) is 0 Å². The Labute approximate surface area is 124 Å². The van der Waals surface area contributed by atoms with Crippen molar-refractivity contribution in [3.05, 3.63) is 11.1 Å². The molecule has 0 aliphatic carbocycles. The molecule has 2 aliphatic rings. The molecule has 2 saturated heterocycles. The zero-order valence-corrected chi connectivity index (χ0v) is 12.8. The van der Waals surface area contributed by atoms with Gasteiger partial charge in [-0.1, -0.05) is 11.4 Å². The highest BCUT2D eigenvalue weighted by Gasteiger charge is 2.41. The van der Waals surface area contributed by atoms with E-state index in [2.05, 4.69) is 27.2 Å². The fourth-order valence-electron chi connectivity index (χ4n) is 3.48. The second-order valence-electron chi connectivity index (χ2n) is 5.76. The van der Waals surface area contributed by atoms with Crippen molar-refractivity contribution < 1.29 is 9.47 Å². The van der Waals surface area contributed by atoms with Gasteiger partial charge in [-0.25, -0.2) is 0 Å². The predicted octanol–water partition coefficient (Wildman–Crippen LogP) is 2.16. The normalized spacial score (nSPS) is 27.6. The van der Waals surface area contributed by atoms with Crippen molar-refractivity contribution >= 4 is 11.5 Å². The summed E-state index contributed by atoms with van der Waals surface area (Å²) in [4.78, 5) is 0. The zero-order valence-electron chi connectivity index (χ0n) is 12.0. The summed E-state index contributed by atoms with van der Waals surface area (Å²) in [6, 6.07) is 0.308. The van der Waals surface area contributed by atoms with Crippen molar-refractivity contribution in [2.45, 2.75) is 44.2 Å². The van der Waals surface area contributed by atoms with Crippen molar-refractivity contribution in [3.8, 4) is 0 Å². The number of nitrogens with zero attached hydrogens (tertiary/aromatic N) is 2. The van der Waals surface area contributed by atoms with Crippen molar-refractivity contribution in [1.29, 1.82) is 0 Å². The molecule has 2 aliphatic heterocycles. The maximum Gasteiger partial charge on any atom is 0.0927 e. The summed E-state index contributed by atoms with van der Waals surface area (Å²) in [6.07, 6.45) is 4.25. The quantitative estimate of drug-likeness (QED) is 0.923. The van der Waals surface area contributed by atoms with Gasteiger partial charge in [0.15, 0.2) is 0 Å². The van der Waals surface area contributed by atoms with Crippen LogP contribution in [0.2, 0.25) is 0 Å². The lowest BCUT2D eigenvalue weighted by Gasteiger charge is -2.45. The van der Waals surface area contributed by atoms with E-state index in [4.69, 9.17) is 9.47 Å². The highest BCUT2D eigenvalue weighted by atomic mass is 32.1. The van der Waals surface area contributed by atoms with Crippen molar-refractivity contribution in [2.24, 2.45) is 5.92 Å². The number of aromatic nitrogens is 2. The molecular formula is C14H23N3O2S. The highest BCUT2D eigenvalue weighted by Crippen LogP contribution is 2.41. The van der Waals surface area contributed by atoms with Crippen LogP contribution in [0.4, 0.5) is 0 Å². The van der Waals surface area contributed by atoms with E-state index in [0.717, 1.165) is 57.7 Å². The Morgan fingerprint density at radius 3 is 3.00 bits per heavy atom. The van der Waals surface area contributed by atoms with Crippen molar-refractivity contribution in [1.82, 2.24) is 14.9 Å². The summed E-state index contributed by atoms with van der Waals surface area (Å²) < 4.78 is 15.7. The number of hydrogen-bond donors (Lipinski definition) is 1. The predicted molar refractivity (Wildman–Crippen MR) is 77.8 cm³/mol. The number of rotatable bonds is 4. The number of nitrogens with one attached hydrogen (secondary N) is 1. The van der Waals surface area contributed by atoms with Crippen LogP contribution in [0.3, 0.4) is 0 Å². The Hall–Kier alpha value is -0.560. The van der Waals surface area contributed by atoms with Crippen LogP contribution in [0, 0.1) is 5.92 Å². The third-order valence-corrected chi connectivity index (χ3v) is 5.05. The van der Waals surface area contributed by atoms with Crippen LogP contribution in [0.25, 0.3) is 0 Å². The molecule has 112 valence electrons. The van der Waals surface area contributed by atoms with Crippen LogP contribution >= 0.6 is 11.5 Å². The Kier molecular flexibility index (Phi) is 4.65. The van der Waals surface area contributed by atoms with E-state index in [1.165, 1.54) is 11.5 Å². The fourth-order valence-corrected chi connectivity index (χ4v) is 3.97. The molecule has 6 heteroatoms. The second kappa shape index (κ2) is 6.47. The molecule has 3 rings (SSSR count). The van der Waals surface area contributed by atoms with E-state index in [0.29, 0.717) is 12.0 Å². The molecular weight excluding hydrogens is 274 g/mol. The second-order valence-corrected chi connectivity index (χ2v) is 6.37. The minimum absolute atomic E-state index is 0.0400. The summed E-state index contributed by atoms with van der Waals surface area (Å²) in [5.74, 6) is 0.575. The molecule has 2 fully saturated rings. The lowest BCUT2D eigenvalue weighted by molar-refractivity contribution is -0.150. The van der Waals surface area contributed by atoms with Gasteiger partial charge in [0.2, 0.25) is 0 Å². The molecule has 1 N–H and O–H groups in total. The minimum Gasteiger partial charge on any atom is -0.381 e. The molecule has 2 atom stereocenters. The van der Waals surface area contributed by atoms with E-state index in [9.17, 15) is 0 Å². The van der Waals surface area contributed by atoms with Crippen LogP contribution in [-0.2, 0) is 9.47 Å². The topological polar surface area (TPSA) is 56.3 Å². The highest BCUT2D eigenvalue weighted by molar-refractivity contribution is 7.03. The first-order valence-corrected chi connectivity index (χ1v) is 8.39. The molecule has 1 aromatic heterocycles. The SMILES string of the molecule is CCNC(c1csnn1)C1CCOC2(CCOCC2)C1. The smallest absolute Gasteiger partial charge is 0.0927 e. The summed E-state index contributed by atoms with van der Waals surface area (Å²) in [5, 5.41) is 9.95. The van der Waals surface area contributed by atoms with Gasteiger partial charge in [0, 0.05) is 25.2 Å². The Morgan fingerprint density at radius 1 is 1.45 bits per heavy atom. The standard InChI is InChI=1S/C14H23N3O2S/c1-2-15-13(12-10-20-17-16-12)11-3-6-19-14(9-11)4-7-18-8-5-14/h10-11,13,15H,2-9H2,1H3. The first-order chi connectivity index (χ1) is 9.83. The number of ether oxygens (including phenoxy) is 2. The molecule has 0 aromatic carbocycles. The molecule has 5 nitrogen and oxygen atoms in total. The van der Waals surface area contributed by atoms with E-state index >= 15 is 0 Å². The van der Waals surface area contributed by atoms with E-state index < -0.39 is 0 Å². The van der Waals surface area contributed by atoms with Gasteiger partial charge in [-0.3, -0.25) is 0 Å². The van der Waals surface area contributed by atoms with E-state index in [1.807, 2.05) is 0 Å². The molecule has 1 spiro atoms.